The van der Waals surface area contributed by atoms with Gasteiger partial charge in [0.05, 0.1) is 18.4 Å². The first kappa shape index (κ1) is 14.4. The molecule has 20 heavy (non-hydrogen) atoms. The van der Waals surface area contributed by atoms with Crippen LogP contribution in [0.15, 0.2) is 40.9 Å². The Morgan fingerprint density at radius 2 is 2.00 bits per heavy atom. The average Bonchev–Trinajstić information content (AvgIpc) is 2.43. The highest BCUT2D eigenvalue weighted by molar-refractivity contribution is 9.10. The molecule has 0 heterocycles. The molecule has 0 atom stereocenters. The molecule has 5 heteroatoms. The minimum absolute atomic E-state index is 0.244. The summed E-state index contributed by atoms with van der Waals surface area (Å²) >= 11 is 3.34. The second-order valence-corrected chi connectivity index (χ2v) is 5.25. The lowest BCUT2D eigenvalue weighted by molar-refractivity contribution is 0.102. The van der Waals surface area contributed by atoms with Gasteiger partial charge in [-0.3, -0.25) is 4.79 Å². The summed E-state index contributed by atoms with van der Waals surface area (Å²) in [6.45, 7) is 1.96. The highest BCUT2D eigenvalue weighted by Gasteiger charge is 2.13. The lowest BCUT2D eigenvalue weighted by Gasteiger charge is -2.12. The van der Waals surface area contributed by atoms with Gasteiger partial charge >= 0.3 is 0 Å². The van der Waals surface area contributed by atoms with E-state index in [0.29, 0.717) is 27.2 Å². The van der Waals surface area contributed by atoms with Crippen molar-refractivity contribution in [1.82, 2.24) is 0 Å². The van der Waals surface area contributed by atoms with Crippen molar-refractivity contribution in [3.8, 4) is 5.75 Å². The fraction of sp³-hybridized carbons (Fsp3) is 0.133. The smallest absolute Gasteiger partial charge is 0.256 e. The van der Waals surface area contributed by atoms with Gasteiger partial charge in [0.2, 0.25) is 0 Å². The SMILES string of the molecule is COc1cc(C)ccc1NC(=O)c1cc(N)ccc1Br. The van der Waals surface area contributed by atoms with Crippen LogP contribution in [0.1, 0.15) is 15.9 Å². The summed E-state index contributed by atoms with van der Waals surface area (Å²) in [6, 6.07) is 10.7. The number of hydrogen-bond donors (Lipinski definition) is 2. The highest BCUT2D eigenvalue weighted by Crippen LogP contribution is 2.27. The molecule has 3 N–H and O–H groups in total. The number of rotatable bonds is 3. The fourth-order valence-corrected chi connectivity index (χ4v) is 2.23. The largest absolute Gasteiger partial charge is 0.495 e. The van der Waals surface area contributed by atoms with E-state index in [1.165, 1.54) is 0 Å². The normalized spacial score (nSPS) is 10.2. The van der Waals surface area contributed by atoms with Gasteiger partial charge < -0.3 is 15.8 Å². The number of halogens is 1. The standard InChI is InChI=1S/C15H15BrN2O2/c1-9-3-6-13(14(7-9)20-2)18-15(19)11-8-10(17)4-5-12(11)16/h3-8H,17H2,1-2H3,(H,18,19). The second-order valence-electron chi connectivity index (χ2n) is 4.40. The van der Waals surface area contributed by atoms with Gasteiger partial charge in [-0.05, 0) is 58.7 Å². The molecule has 0 fully saturated rings. The molecule has 2 rings (SSSR count). The summed E-state index contributed by atoms with van der Waals surface area (Å²) in [5.41, 5.74) is 8.41. The number of nitrogen functional groups attached to an aromatic ring is 1. The Balaban J connectivity index is 2.30. The quantitative estimate of drug-likeness (QED) is 0.843. The molecule has 1 amide bonds. The molecule has 0 aliphatic rings. The Labute approximate surface area is 126 Å². The van der Waals surface area contributed by atoms with Crippen LogP contribution in [0.25, 0.3) is 0 Å². The molecule has 0 unspecified atom stereocenters. The number of carbonyl (C=O) groups excluding carboxylic acids is 1. The maximum atomic E-state index is 12.3. The number of carbonyl (C=O) groups is 1. The summed E-state index contributed by atoms with van der Waals surface area (Å²) in [5.74, 6) is 0.379. The van der Waals surface area contributed by atoms with Crippen molar-refractivity contribution < 1.29 is 9.53 Å². The van der Waals surface area contributed by atoms with E-state index < -0.39 is 0 Å². The first-order valence-electron chi connectivity index (χ1n) is 6.02. The van der Waals surface area contributed by atoms with Crippen LogP contribution in [-0.2, 0) is 0 Å². The lowest BCUT2D eigenvalue weighted by atomic mass is 10.1. The summed E-state index contributed by atoms with van der Waals surface area (Å²) in [7, 11) is 1.57. The van der Waals surface area contributed by atoms with E-state index in [2.05, 4.69) is 21.2 Å². The Bertz CT molecular complexity index is 656. The van der Waals surface area contributed by atoms with E-state index in [4.69, 9.17) is 10.5 Å². The van der Waals surface area contributed by atoms with Gasteiger partial charge in [0.25, 0.3) is 5.91 Å². The first-order chi connectivity index (χ1) is 9.51. The number of amides is 1. The number of ether oxygens (including phenoxy) is 1. The van der Waals surface area contributed by atoms with Crippen molar-refractivity contribution in [1.29, 1.82) is 0 Å². The molecule has 0 radical (unpaired) electrons. The summed E-state index contributed by atoms with van der Waals surface area (Å²) < 4.78 is 5.96. The summed E-state index contributed by atoms with van der Waals surface area (Å²) in [4.78, 5) is 12.3. The highest BCUT2D eigenvalue weighted by atomic mass is 79.9. The van der Waals surface area contributed by atoms with Crippen LogP contribution in [0.2, 0.25) is 0 Å². The van der Waals surface area contributed by atoms with Crippen LogP contribution in [0.4, 0.5) is 11.4 Å². The van der Waals surface area contributed by atoms with Crippen LogP contribution in [0.3, 0.4) is 0 Å². The predicted octanol–water partition coefficient (Wildman–Crippen LogP) is 3.60. The maximum absolute atomic E-state index is 12.3. The van der Waals surface area contributed by atoms with E-state index in [1.54, 1.807) is 25.3 Å². The number of hydrogen-bond acceptors (Lipinski definition) is 3. The zero-order chi connectivity index (χ0) is 14.7. The third kappa shape index (κ3) is 3.11. The minimum atomic E-state index is -0.244. The summed E-state index contributed by atoms with van der Waals surface area (Å²) in [5, 5.41) is 2.82. The Hall–Kier alpha value is -2.01. The third-order valence-electron chi connectivity index (χ3n) is 2.84. The van der Waals surface area contributed by atoms with Gasteiger partial charge in [0.15, 0.2) is 0 Å². The van der Waals surface area contributed by atoms with Crippen LogP contribution in [0, 0.1) is 6.92 Å². The molecule has 0 saturated heterocycles. The number of nitrogens with one attached hydrogen (secondary N) is 1. The molecule has 0 aliphatic heterocycles. The van der Waals surface area contributed by atoms with E-state index in [0.717, 1.165) is 5.56 Å². The van der Waals surface area contributed by atoms with Crippen molar-refractivity contribution in [2.24, 2.45) is 0 Å². The Morgan fingerprint density at radius 1 is 1.25 bits per heavy atom. The molecule has 104 valence electrons. The first-order valence-corrected chi connectivity index (χ1v) is 6.81. The molecule has 0 spiro atoms. The maximum Gasteiger partial charge on any atom is 0.256 e. The van der Waals surface area contributed by atoms with Crippen LogP contribution in [-0.4, -0.2) is 13.0 Å². The molecule has 0 aromatic heterocycles. The topological polar surface area (TPSA) is 64.3 Å². The van der Waals surface area contributed by atoms with E-state index in [9.17, 15) is 4.79 Å². The van der Waals surface area contributed by atoms with Gasteiger partial charge in [-0.2, -0.15) is 0 Å². The van der Waals surface area contributed by atoms with Crippen LogP contribution in [0.5, 0.6) is 5.75 Å². The molecule has 2 aromatic rings. The van der Waals surface area contributed by atoms with Gasteiger partial charge in [0.1, 0.15) is 5.75 Å². The molecule has 0 bridgehead atoms. The van der Waals surface area contributed by atoms with Gasteiger partial charge in [-0.15, -0.1) is 0 Å². The minimum Gasteiger partial charge on any atom is -0.495 e. The van der Waals surface area contributed by atoms with Crippen LogP contribution >= 0.6 is 15.9 Å². The number of methoxy groups -OCH3 is 1. The van der Waals surface area contributed by atoms with Crippen molar-refractivity contribution >= 4 is 33.2 Å². The van der Waals surface area contributed by atoms with Gasteiger partial charge in [-0.25, -0.2) is 0 Å². The summed E-state index contributed by atoms with van der Waals surface area (Å²) in [6.07, 6.45) is 0. The van der Waals surface area contributed by atoms with Crippen molar-refractivity contribution in [3.05, 3.63) is 52.0 Å². The van der Waals surface area contributed by atoms with Crippen molar-refractivity contribution in [2.45, 2.75) is 6.92 Å². The van der Waals surface area contributed by atoms with Gasteiger partial charge in [-0.1, -0.05) is 6.07 Å². The number of benzene rings is 2. The van der Waals surface area contributed by atoms with Gasteiger partial charge in [0, 0.05) is 10.2 Å². The second kappa shape index (κ2) is 5.96. The zero-order valence-electron chi connectivity index (χ0n) is 11.2. The number of anilines is 2. The molecule has 0 aliphatic carbocycles. The molecular formula is C15H15BrN2O2. The predicted molar refractivity (Wildman–Crippen MR) is 84.2 cm³/mol. The lowest BCUT2D eigenvalue weighted by Crippen LogP contribution is -2.13. The molecule has 2 aromatic carbocycles. The Kier molecular flexibility index (Phi) is 4.29. The van der Waals surface area contributed by atoms with E-state index in [1.807, 2.05) is 25.1 Å². The third-order valence-corrected chi connectivity index (χ3v) is 3.53. The zero-order valence-corrected chi connectivity index (χ0v) is 12.8. The average molecular weight is 335 g/mol. The molecular weight excluding hydrogens is 320 g/mol. The van der Waals surface area contributed by atoms with Crippen molar-refractivity contribution in [3.63, 3.8) is 0 Å². The monoisotopic (exact) mass is 334 g/mol. The molecule has 4 nitrogen and oxygen atoms in total. The number of nitrogens with two attached hydrogens (primary N) is 1. The fourth-order valence-electron chi connectivity index (χ4n) is 1.81. The van der Waals surface area contributed by atoms with E-state index in [-0.39, 0.29) is 5.91 Å². The number of aryl methyl sites for hydroxylation is 1. The molecule has 0 saturated carbocycles. The van der Waals surface area contributed by atoms with Crippen molar-refractivity contribution in [2.75, 3.05) is 18.2 Å². The Morgan fingerprint density at radius 3 is 2.70 bits per heavy atom. The van der Waals surface area contributed by atoms with E-state index >= 15 is 0 Å². The van der Waals surface area contributed by atoms with Crippen LogP contribution < -0.4 is 15.8 Å².